The van der Waals surface area contributed by atoms with E-state index in [1.807, 2.05) is 0 Å². The topological polar surface area (TPSA) is 69.6 Å². The fourth-order valence-corrected chi connectivity index (χ4v) is 3.87. The number of aliphatic carboxylic acids is 1. The van der Waals surface area contributed by atoms with Crippen molar-refractivity contribution in [1.82, 2.24) is 10.2 Å². The Morgan fingerprint density at radius 1 is 1.26 bits per heavy atom. The van der Waals surface area contributed by atoms with Gasteiger partial charge in [0.25, 0.3) is 0 Å². The molecule has 1 saturated heterocycles. The van der Waals surface area contributed by atoms with E-state index in [0.29, 0.717) is 18.3 Å². The molecular formula is C13H22N2O3S. The summed E-state index contributed by atoms with van der Waals surface area (Å²) in [6.07, 6.45) is 5.75. The molecule has 1 amide bonds. The van der Waals surface area contributed by atoms with E-state index in [9.17, 15) is 9.59 Å². The van der Waals surface area contributed by atoms with Gasteiger partial charge in [-0.05, 0) is 12.8 Å². The molecule has 1 unspecified atom stereocenters. The average molecular weight is 286 g/mol. The molecule has 2 aliphatic rings. The van der Waals surface area contributed by atoms with Crippen LogP contribution in [-0.4, -0.2) is 58.6 Å². The standard InChI is InChI=1S/C13H22N2O3S/c16-12(14-10-4-2-1-3-5-10)8-15-6-7-19-9-11(15)13(17)18/h10-11H,1-9H2,(H,14,16)(H,17,18). The molecule has 2 fully saturated rings. The summed E-state index contributed by atoms with van der Waals surface area (Å²) in [5.74, 6) is 0.634. The largest absolute Gasteiger partial charge is 0.480 e. The Hall–Kier alpha value is -0.750. The molecule has 1 atom stereocenters. The minimum absolute atomic E-state index is 0.0231. The molecule has 108 valence electrons. The fourth-order valence-electron chi connectivity index (χ4n) is 2.76. The molecule has 0 bridgehead atoms. The van der Waals surface area contributed by atoms with Crippen molar-refractivity contribution in [2.75, 3.05) is 24.6 Å². The van der Waals surface area contributed by atoms with Gasteiger partial charge in [0.05, 0.1) is 6.54 Å². The summed E-state index contributed by atoms with van der Waals surface area (Å²) in [7, 11) is 0. The minimum Gasteiger partial charge on any atom is -0.480 e. The Balaban J connectivity index is 1.80. The zero-order chi connectivity index (χ0) is 13.7. The van der Waals surface area contributed by atoms with Crippen LogP contribution in [0.15, 0.2) is 0 Å². The lowest BCUT2D eigenvalue weighted by molar-refractivity contribution is -0.143. The van der Waals surface area contributed by atoms with Gasteiger partial charge in [-0.3, -0.25) is 14.5 Å². The van der Waals surface area contributed by atoms with E-state index in [1.54, 1.807) is 16.7 Å². The first-order valence-electron chi connectivity index (χ1n) is 7.01. The van der Waals surface area contributed by atoms with Crippen molar-refractivity contribution in [3.63, 3.8) is 0 Å². The maximum Gasteiger partial charge on any atom is 0.321 e. The summed E-state index contributed by atoms with van der Waals surface area (Å²) in [4.78, 5) is 24.9. The molecule has 1 aliphatic carbocycles. The van der Waals surface area contributed by atoms with Crippen LogP contribution in [-0.2, 0) is 9.59 Å². The van der Waals surface area contributed by atoms with Crippen molar-refractivity contribution in [2.45, 2.75) is 44.2 Å². The van der Waals surface area contributed by atoms with Crippen LogP contribution in [0, 0.1) is 0 Å². The first-order valence-corrected chi connectivity index (χ1v) is 8.16. The van der Waals surface area contributed by atoms with E-state index in [-0.39, 0.29) is 12.5 Å². The van der Waals surface area contributed by atoms with Gasteiger partial charge in [0.15, 0.2) is 0 Å². The number of hydrogen-bond acceptors (Lipinski definition) is 4. The Morgan fingerprint density at radius 2 is 2.00 bits per heavy atom. The smallest absolute Gasteiger partial charge is 0.321 e. The number of carbonyl (C=O) groups is 2. The second-order valence-corrected chi connectivity index (χ2v) is 6.45. The van der Waals surface area contributed by atoms with Crippen LogP contribution < -0.4 is 5.32 Å². The summed E-state index contributed by atoms with van der Waals surface area (Å²) >= 11 is 1.64. The summed E-state index contributed by atoms with van der Waals surface area (Å²) in [6.45, 7) is 0.897. The van der Waals surface area contributed by atoms with Crippen LogP contribution >= 0.6 is 11.8 Å². The fraction of sp³-hybridized carbons (Fsp3) is 0.846. The predicted molar refractivity (Wildman–Crippen MR) is 75.3 cm³/mol. The normalized spacial score (nSPS) is 26.0. The molecule has 1 saturated carbocycles. The van der Waals surface area contributed by atoms with Crippen molar-refractivity contribution in [1.29, 1.82) is 0 Å². The van der Waals surface area contributed by atoms with Gasteiger partial charge in [0.1, 0.15) is 6.04 Å². The second kappa shape index (κ2) is 7.14. The molecule has 2 N–H and O–H groups in total. The maximum atomic E-state index is 12.0. The monoisotopic (exact) mass is 286 g/mol. The highest BCUT2D eigenvalue weighted by molar-refractivity contribution is 7.99. The molecule has 1 heterocycles. The number of thioether (sulfide) groups is 1. The van der Waals surface area contributed by atoms with E-state index in [0.717, 1.165) is 18.6 Å². The van der Waals surface area contributed by atoms with E-state index >= 15 is 0 Å². The van der Waals surface area contributed by atoms with Gasteiger partial charge in [-0.15, -0.1) is 0 Å². The highest BCUT2D eigenvalue weighted by Crippen LogP contribution is 2.18. The zero-order valence-corrected chi connectivity index (χ0v) is 12.0. The highest BCUT2D eigenvalue weighted by Gasteiger charge is 2.30. The molecule has 0 aromatic carbocycles. The molecule has 0 aromatic heterocycles. The maximum absolute atomic E-state index is 12.0. The van der Waals surface area contributed by atoms with Gasteiger partial charge >= 0.3 is 5.97 Å². The number of hydrogen-bond donors (Lipinski definition) is 2. The van der Waals surface area contributed by atoms with Crippen LogP contribution in [0.1, 0.15) is 32.1 Å². The SMILES string of the molecule is O=C(CN1CCSCC1C(=O)O)NC1CCCCC1. The van der Waals surface area contributed by atoms with Crippen molar-refractivity contribution < 1.29 is 14.7 Å². The molecule has 0 spiro atoms. The molecule has 0 aromatic rings. The van der Waals surface area contributed by atoms with Crippen molar-refractivity contribution in [3.05, 3.63) is 0 Å². The van der Waals surface area contributed by atoms with Gasteiger partial charge in [-0.25, -0.2) is 0 Å². The third kappa shape index (κ3) is 4.38. The summed E-state index contributed by atoms with van der Waals surface area (Å²) in [6, 6.07) is -0.223. The number of nitrogens with one attached hydrogen (secondary N) is 1. The third-order valence-corrected chi connectivity index (χ3v) is 4.86. The van der Waals surface area contributed by atoms with Crippen LogP contribution in [0.2, 0.25) is 0 Å². The van der Waals surface area contributed by atoms with E-state index in [4.69, 9.17) is 5.11 Å². The Bertz CT molecular complexity index is 332. The van der Waals surface area contributed by atoms with Gasteiger partial charge in [0, 0.05) is 24.1 Å². The molecule has 5 nitrogen and oxygen atoms in total. The first kappa shape index (κ1) is 14.7. The van der Waals surface area contributed by atoms with Gasteiger partial charge in [-0.2, -0.15) is 11.8 Å². The minimum atomic E-state index is -0.822. The average Bonchev–Trinajstić information content (AvgIpc) is 2.40. The van der Waals surface area contributed by atoms with Gasteiger partial charge in [0.2, 0.25) is 5.91 Å². The summed E-state index contributed by atoms with van der Waals surface area (Å²) in [5.41, 5.74) is 0. The lowest BCUT2D eigenvalue weighted by atomic mass is 9.95. The second-order valence-electron chi connectivity index (χ2n) is 5.30. The Kier molecular flexibility index (Phi) is 5.51. The van der Waals surface area contributed by atoms with Crippen LogP contribution in [0.5, 0.6) is 0 Å². The van der Waals surface area contributed by atoms with Crippen LogP contribution in [0.25, 0.3) is 0 Å². The highest BCUT2D eigenvalue weighted by atomic mass is 32.2. The Morgan fingerprint density at radius 3 is 2.68 bits per heavy atom. The van der Waals surface area contributed by atoms with Crippen molar-refractivity contribution in [2.24, 2.45) is 0 Å². The summed E-state index contributed by atoms with van der Waals surface area (Å²) in [5, 5.41) is 12.2. The third-order valence-electron chi connectivity index (χ3n) is 3.84. The number of carboxylic acids is 1. The lowest BCUT2D eigenvalue weighted by Gasteiger charge is -2.32. The molecule has 19 heavy (non-hydrogen) atoms. The summed E-state index contributed by atoms with van der Waals surface area (Å²) < 4.78 is 0. The molecular weight excluding hydrogens is 264 g/mol. The molecule has 0 radical (unpaired) electrons. The van der Waals surface area contributed by atoms with Gasteiger partial charge < -0.3 is 10.4 Å². The van der Waals surface area contributed by atoms with Crippen molar-refractivity contribution in [3.8, 4) is 0 Å². The zero-order valence-electron chi connectivity index (χ0n) is 11.1. The van der Waals surface area contributed by atoms with Gasteiger partial charge in [-0.1, -0.05) is 19.3 Å². The quantitative estimate of drug-likeness (QED) is 0.805. The van der Waals surface area contributed by atoms with Crippen LogP contribution in [0.3, 0.4) is 0 Å². The lowest BCUT2D eigenvalue weighted by Crippen LogP contribution is -2.52. The molecule has 2 rings (SSSR count). The van der Waals surface area contributed by atoms with Crippen molar-refractivity contribution >= 4 is 23.6 Å². The predicted octanol–water partition coefficient (Wildman–Crippen LogP) is 0.937. The molecule has 6 heteroatoms. The number of carboxylic acid groups (broad SMARTS) is 1. The number of nitrogens with zero attached hydrogens (tertiary/aromatic N) is 1. The van der Waals surface area contributed by atoms with E-state index < -0.39 is 12.0 Å². The van der Waals surface area contributed by atoms with Crippen LogP contribution in [0.4, 0.5) is 0 Å². The Labute approximate surface area is 118 Å². The number of rotatable bonds is 4. The molecule has 1 aliphatic heterocycles. The van der Waals surface area contributed by atoms with E-state index in [1.165, 1.54) is 19.3 Å². The number of amides is 1. The number of carbonyl (C=O) groups excluding carboxylic acids is 1. The van der Waals surface area contributed by atoms with E-state index in [2.05, 4.69) is 5.32 Å². The first-order chi connectivity index (χ1) is 9.16.